The Balaban J connectivity index is 1.51. The first kappa shape index (κ1) is 18.2. The molecular formula is C19H18N2O4S2. The van der Waals surface area contributed by atoms with Gasteiger partial charge >= 0.3 is 5.97 Å². The van der Waals surface area contributed by atoms with E-state index in [-0.39, 0.29) is 5.37 Å². The van der Waals surface area contributed by atoms with E-state index in [1.165, 1.54) is 11.8 Å². The molecule has 140 valence electrons. The maximum atomic E-state index is 11.2. The highest BCUT2D eigenvalue weighted by atomic mass is 32.2. The van der Waals surface area contributed by atoms with Crippen molar-refractivity contribution in [2.24, 2.45) is 0 Å². The summed E-state index contributed by atoms with van der Waals surface area (Å²) in [6.45, 7) is 0. The third-order valence-corrected chi connectivity index (χ3v) is 6.46. The van der Waals surface area contributed by atoms with Crippen LogP contribution in [0.25, 0.3) is 11.1 Å². The minimum absolute atomic E-state index is 0.0370. The van der Waals surface area contributed by atoms with Crippen LogP contribution in [-0.4, -0.2) is 35.0 Å². The highest BCUT2D eigenvalue weighted by molar-refractivity contribution is 7.99. The number of nitrogens with one attached hydrogen (secondary N) is 1. The fourth-order valence-electron chi connectivity index (χ4n) is 2.93. The number of aliphatic carboxylic acids is 1. The molecule has 1 fully saturated rings. The van der Waals surface area contributed by atoms with Crippen LogP contribution in [0.1, 0.15) is 16.5 Å². The van der Waals surface area contributed by atoms with Gasteiger partial charge in [-0.2, -0.15) is 0 Å². The minimum Gasteiger partial charge on any atom is -0.496 e. The lowest BCUT2D eigenvalue weighted by atomic mass is 10.1. The predicted molar refractivity (Wildman–Crippen MR) is 106 cm³/mol. The van der Waals surface area contributed by atoms with Crippen LogP contribution in [0.15, 0.2) is 52.1 Å². The van der Waals surface area contributed by atoms with E-state index in [9.17, 15) is 4.79 Å². The van der Waals surface area contributed by atoms with E-state index in [0.717, 1.165) is 28.0 Å². The molecule has 3 aromatic rings. The van der Waals surface area contributed by atoms with Gasteiger partial charge in [0.25, 0.3) is 5.22 Å². The van der Waals surface area contributed by atoms with Gasteiger partial charge in [0.05, 0.1) is 12.5 Å². The molecule has 0 bridgehead atoms. The Bertz CT molecular complexity index is 942. The number of para-hydroxylation sites is 2. The Hall–Kier alpha value is -2.16. The van der Waals surface area contributed by atoms with Gasteiger partial charge in [-0.05, 0) is 29.8 Å². The number of methoxy groups -OCH3 is 1. The number of carboxylic acid groups (broad SMARTS) is 1. The van der Waals surface area contributed by atoms with Crippen molar-refractivity contribution in [3.05, 3.63) is 53.6 Å². The fourth-order valence-corrected chi connectivity index (χ4v) is 4.97. The predicted octanol–water partition coefficient (Wildman–Crippen LogP) is 3.92. The molecule has 0 unspecified atom stereocenters. The van der Waals surface area contributed by atoms with Crippen LogP contribution in [0.4, 0.5) is 0 Å². The van der Waals surface area contributed by atoms with Crippen LogP contribution in [0.5, 0.6) is 5.75 Å². The van der Waals surface area contributed by atoms with E-state index < -0.39 is 12.0 Å². The van der Waals surface area contributed by atoms with Crippen LogP contribution < -0.4 is 10.1 Å². The Morgan fingerprint density at radius 1 is 1.41 bits per heavy atom. The number of carboxylic acids is 1. The molecule has 1 aromatic heterocycles. The van der Waals surface area contributed by atoms with Crippen molar-refractivity contribution in [3.63, 3.8) is 0 Å². The van der Waals surface area contributed by atoms with Crippen LogP contribution in [0.3, 0.4) is 0 Å². The zero-order chi connectivity index (χ0) is 18.8. The number of aromatic nitrogens is 1. The largest absolute Gasteiger partial charge is 0.496 e. The number of rotatable bonds is 6. The van der Waals surface area contributed by atoms with Gasteiger partial charge < -0.3 is 14.3 Å². The first-order valence-electron chi connectivity index (χ1n) is 8.39. The lowest BCUT2D eigenvalue weighted by Crippen LogP contribution is -2.33. The number of oxazole rings is 1. The van der Waals surface area contributed by atoms with Crippen molar-refractivity contribution >= 4 is 40.6 Å². The van der Waals surface area contributed by atoms with Gasteiger partial charge in [-0.25, -0.2) is 4.98 Å². The van der Waals surface area contributed by atoms with Crippen molar-refractivity contribution in [1.82, 2.24) is 10.3 Å². The zero-order valence-electron chi connectivity index (χ0n) is 14.5. The van der Waals surface area contributed by atoms with Gasteiger partial charge in [-0.1, -0.05) is 30.0 Å². The topological polar surface area (TPSA) is 84.6 Å². The second-order valence-electron chi connectivity index (χ2n) is 6.08. The standard InChI is InChI=1S/C19H18N2O4S2/c1-24-15-7-6-11(17-20-14(10-26-17)18(22)23)8-12(15)9-27-19-21-13-4-2-3-5-16(13)25-19/h2-8,14,17,20H,9-10H2,1H3,(H,22,23)/t14-,17+/m0/s1. The van der Waals surface area contributed by atoms with Gasteiger partial charge in [0, 0.05) is 17.1 Å². The van der Waals surface area contributed by atoms with Gasteiger partial charge in [0.1, 0.15) is 17.3 Å². The van der Waals surface area contributed by atoms with E-state index in [1.807, 2.05) is 36.4 Å². The highest BCUT2D eigenvalue weighted by Gasteiger charge is 2.30. The summed E-state index contributed by atoms with van der Waals surface area (Å²) in [5.41, 5.74) is 3.67. The SMILES string of the molecule is COc1ccc([C@@H]2N[C@H](C(=O)O)CS2)cc1CSc1nc2ccccc2o1. The number of hydrogen-bond donors (Lipinski definition) is 2. The number of hydrogen-bond acceptors (Lipinski definition) is 7. The average Bonchev–Trinajstić information content (AvgIpc) is 3.33. The summed E-state index contributed by atoms with van der Waals surface area (Å²) in [6.07, 6.45) is 0. The molecule has 4 rings (SSSR count). The van der Waals surface area contributed by atoms with E-state index in [2.05, 4.69) is 16.4 Å². The van der Waals surface area contributed by atoms with E-state index in [0.29, 0.717) is 16.7 Å². The van der Waals surface area contributed by atoms with Crippen LogP contribution in [0.2, 0.25) is 0 Å². The molecule has 1 aliphatic rings. The maximum Gasteiger partial charge on any atom is 0.321 e. The fraction of sp³-hybridized carbons (Fsp3) is 0.263. The summed E-state index contributed by atoms with van der Waals surface area (Å²) in [5, 5.41) is 12.9. The van der Waals surface area contributed by atoms with Crippen LogP contribution in [-0.2, 0) is 10.5 Å². The molecule has 2 N–H and O–H groups in total. The summed E-state index contributed by atoms with van der Waals surface area (Å²) in [7, 11) is 1.64. The van der Waals surface area contributed by atoms with Crippen molar-refractivity contribution in [1.29, 1.82) is 0 Å². The molecule has 2 aromatic carbocycles. The first-order chi connectivity index (χ1) is 13.1. The quantitative estimate of drug-likeness (QED) is 0.600. The van der Waals surface area contributed by atoms with E-state index in [4.69, 9.17) is 14.3 Å². The summed E-state index contributed by atoms with van der Waals surface area (Å²) >= 11 is 3.11. The highest BCUT2D eigenvalue weighted by Crippen LogP contribution is 2.36. The molecule has 8 heteroatoms. The molecule has 27 heavy (non-hydrogen) atoms. The Labute approximate surface area is 164 Å². The molecule has 0 saturated carbocycles. The Morgan fingerprint density at radius 3 is 3.00 bits per heavy atom. The van der Waals surface area contributed by atoms with Crippen molar-refractivity contribution in [3.8, 4) is 5.75 Å². The monoisotopic (exact) mass is 402 g/mol. The second kappa shape index (κ2) is 7.84. The lowest BCUT2D eigenvalue weighted by molar-refractivity contribution is -0.138. The second-order valence-corrected chi connectivity index (χ2v) is 8.14. The number of nitrogens with zero attached hydrogens (tertiary/aromatic N) is 1. The molecule has 1 aliphatic heterocycles. The van der Waals surface area contributed by atoms with Gasteiger partial charge in [0.15, 0.2) is 5.58 Å². The zero-order valence-corrected chi connectivity index (χ0v) is 16.2. The van der Waals surface area contributed by atoms with Crippen LogP contribution in [0, 0.1) is 0 Å². The summed E-state index contributed by atoms with van der Waals surface area (Å²) in [5.74, 6) is 1.17. The molecule has 0 aliphatic carbocycles. The molecule has 1 saturated heterocycles. The van der Waals surface area contributed by atoms with Crippen molar-refractivity contribution < 1.29 is 19.1 Å². The molecule has 0 radical (unpaired) electrons. The molecule has 6 nitrogen and oxygen atoms in total. The first-order valence-corrected chi connectivity index (χ1v) is 10.4. The number of thioether (sulfide) groups is 2. The Morgan fingerprint density at radius 2 is 2.26 bits per heavy atom. The van der Waals surface area contributed by atoms with E-state index in [1.54, 1.807) is 18.9 Å². The number of fused-ring (bicyclic) bond motifs is 1. The van der Waals surface area contributed by atoms with Crippen molar-refractivity contribution in [2.45, 2.75) is 22.4 Å². The summed E-state index contributed by atoms with van der Waals surface area (Å²) in [4.78, 5) is 15.6. The summed E-state index contributed by atoms with van der Waals surface area (Å²) < 4.78 is 11.2. The van der Waals surface area contributed by atoms with Crippen molar-refractivity contribution in [2.75, 3.05) is 12.9 Å². The van der Waals surface area contributed by atoms with Gasteiger partial charge in [-0.3, -0.25) is 10.1 Å². The minimum atomic E-state index is -0.815. The number of benzene rings is 2. The third kappa shape index (κ3) is 3.92. The molecule has 2 atom stereocenters. The Kier molecular flexibility index (Phi) is 5.29. The normalized spacial score (nSPS) is 19.4. The van der Waals surface area contributed by atoms with Gasteiger partial charge in [0.2, 0.25) is 0 Å². The number of ether oxygens (including phenoxy) is 1. The third-order valence-electron chi connectivity index (χ3n) is 4.31. The maximum absolute atomic E-state index is 11.2. The van der Waals surface area contributed by atoms with Crippen LogP contribution >= 0.6 is 23.5 Å². The molecule has 0 amide bonds. The average molecular weight is 402 g/mol. The van der Waals surface area contributed by atoms with Gasteiger partial charge in [-0.15, -0.1) is 11.8 Å². The molecule has 0 spiro atoms. The van der Waals surface area contributed by atoms with E-state index >= 15 is 0 Å². The summed E-state index contributed by atoms with van der Waals surface area (Å²) in [6, 6.07) is 13.1. The number of carbonyl (C=O) groups is 1. The molecular weight excluding hydrogens is 384 g/mol. The lowest BCUT2D eigenvalue weighted by Gasteiger charge is -2.15. The smallest absolute Gasteiger partial charge is 0.321 e. The molecule has 2 heterocycles.